The minimum absolute atomic E-state index is 0.341. The summed E-state index contributed by atoms with van der Waals surface area (Å²) >= 11 is 0. The SMILES string of the molecule is C=CC(=O)OCCC[Si](C)(CC)OCC. The maximum Gasteiger partial charge on any atom is 0.330 e. The van der Waals surface area contributed by atoms with Gasteiger partial charge in [-0.15, -0.1) is 0 Å². The molecule has 0 saturated carbocycles. The Balaban J connectivity index is 3.72. The normalized spacial score (nSPS) is 14.3. The molecule has 0 radical (unpaired) electrons. The van der Waals surface area contributed by atoms with Gasteiger partial charge < -0.3 is 9.16 Å². The van der Waals surface area contributed by atoms with E-state index >= 15 is 0 Å². The van der Waals surface area contributed by atoms with E-state index in [1.807, 2.05) is 6.92 Å². The Morgan fingerprint density at radius 2 is 2.13 bits per heavy atom. The van der Waals surface area contributed by atoms with Crippen molar-refractivity contribution in [3.63, 3.8) is 0 Å². The first-order chi connectivity index (χ1) is 7.08. The van der Waals surface area contributed by atoms with Crippen LogP contribution in [0.25, 0.3) is 0 Å². The fraction of sp³-hybridized carbons (Fsp3) is 0.727. The molecule has 4 heteroatoms. The Morgan fingerprint density at radius 1 is 1.47 bits per heavy atom. The first-order valence-corrected chi connectivity index (χ1v) is 8.33. The molecule has 0 aromatic carbocycles. The number of ether oxygens (including phenoxy) is 1. The number of hydrogen-bond acceptors (Lipinski definition) is 3. The van der Waals surface area contributed by atoms with Crippen molar-refractivity contribution >= 4 is 14.3 Å². The smallest absolute Gasteiger partial charge is 0.330 e. The third kappa shape index (κ3) is 6.46. The van der Waals surface area contributed by atoms with Crippen molar-refractivity contribution in [2.24, 2.45) is 0 Å². The Labute approximate surface area is 93.6 Å². The van der Waals surface area contributed by atoms with Crippen molar-refractivity contribution in [1.82, 2.24) is 0 Å². The molecular formula is C11H22O3Si. The van der Waals surface area contributed by atoms with E-state index in [1.54, 1.807) is 0 Å². The van der Waals surface area contributed by atoms with E-state index in [1.165, 1.54) is 6.08 Å². The maximum atomic E-state index is 10.8. The van der Waals surface area contributed by atoms with Crippen molar-refractivity contribution in [3.05, 3.63) is 12.7 Å². The summed E-state index contributed by atoms with van der Waals surface area (Å²) < 4.78 is 10.7. The molecule has 0 aliphatic heterocycles. The zero-order valence-corrected chi connectivity index (χ0v) is 11.0. The molecule has 0 rings (SSSR count). The molecule has 3 nitrogen and oxygen atoms in total. The number of hydrogen-bond donors (Lipinski definition) is 0. The molecule has 0 amide bonds. The van der Waals surface area contributed by atoms with Crippen molar-refractivity contribution in [3.8, 4) is 0 Å². The fourth-order valence-electron chi connectivity index (χ4n) is 1.38. The van der Waals surface area contributed by atoms with Crippen molar-refractivity contribution in [2.75, 3.05) is 13.2 Å². The van der Waals surface area contributed by atoms with Crippen LogP contribution < -0.4 is 0 Å². The monoisotopic (exact) mass is 230 g/mol. The molecule has 0 aliphatic rings. The average Bonchev–Trinajstić information content (AvgIpc) is 2.24. The molecule has 0 aliphatic carbocycles. The highest BCUT2D eigenvalue weighted by molar-refractivity contribution is 6.72. The highest BCUT2D eigenvalue weighted by atomic mass is 28.4. The lowest BCUT2D eigenvalue weighted by Crippen LogP contribution is -2.33. The lowest BCUT2D eigenvalue weighted by molar-refractivity contribution is -0.137. The summed E-state index contributed by atoms with van der Waals surface area (Å²) in [6.07, 6.45) is 2.08. The maximum absolute atomic E-state index is 10.8. The van der Waals surface area contributed by atoms with Crippen LogP contribution in [0.4, 0.5) is 0 Å². The molecule has 0 fully saturated rings. The zero-order valence-electron chi connectivity index (χ0n) is 10.0. The van der Waals surface area contributed by atoms with E-state index < -0.39 is 8.32 Å². The Hall–Kier alpha value is -0.613. The summed E-state index contributed by atoms with van der Waals surface area (Å²) in [5.74, 6) is -0.341. The van der Waals surface area contributed by atoms with Crippen LogP contribution in [0.5, 0.6) is 0 Å². The van der Waals surface area contributed by atoms with E-state index in [0.717, 1.165) is 25.1 Å². The summed E-state index contributed by atoms with van der Waals surface area (Å²) in [7, 11) is -1.52. The highest BCUT2D eigenvalue weighted by Crippen LogP contribution is 2.18. The Bertz CT molecular complexity index is 206. The van der Waals surface area contributed by atoms with Gasteiger partial charge in [-0.3, -0.25) is 0 Å². The summed E-state index contributed by atoms with van der Waals surface area (Å²) in [4.78, 5) is 10.8. The van der Waals surface area contributed by atoms with E-state index in [-0.39, 0.29) is 5.97 Å². The van der Waals surface area contributed by atoms with Crippen molar-refractivity contribution < 1.29 is 14.0 Å². The van der Waals surface area contributed by atoms with E-state index in [0.29, 0.717) is 6.61 Å². The number of esters is 1. The van der Waals surface area contributed by atoms with Crippen LogP contribution in [0, 0.1) is 0 Å². The van der Waals surface area contributed by atoms with Gasteiger partial charge in [0.05, 0.1) is 6.61 Å². The predicted octanol–water partition coefficient (Wildman–Crippen LogP) is 2.74. The zero-order chi connectivity index (χ0) is 11.7. The molecule has 0 N–H and O–H groups in total. The topological polar surface area (TPSA) is 35.5 Å². The summed E-state index contributed by atoms with van der Waals surface area (Å²) in [5.41, 5.74) is 0. The van der Waals surface area contributed by atoms with Gasteiger partial charge in [0.15, 0.2) is 8.32 Å². The van der Waals surface area contributed by atoms with Crippen LogP contribution in [0.15, 0.2) is 12.7 Å². The lowest BCUT2D eigenvalue weighted by atomic mass is 10.5. The van der Waals surface area contributed by atoms with Gasteiger partial charge in [-0.25, -0.2) is 4.79 Å². The molecule has 0 heterocycles. The first-order valence-electron chi connectivity index (χ1n) is 5.51. The fourth-order valence-corrected chi connectivity index (χ4v) is 3.67. The second-order valence-electron chi connectivity index (χ2n) is 3.71. The molecule has 1 atom stereocenters. The lowest BCUT2D eigenvalue weighted by Gasteiger charge is -2.25. The van der Waals surface area contributed by atoms with Crippen molar-refractivity contribution in [1.29, 1.82) is 0 Å². The minimum atomic E-state index is -1.52. The Kier molecular flexibility index (Phi) is 7.34. The third-order valence-electron chi connectivity index (χ3n) is 2.50. The molecule has 0 aromatic heterocycles. The minimum Gasteiger partial charge on any atom is -0.463 e. The largest absolute Gasteiger partial charge is 0.463 e. The van der Waals surface area contributed by atoms with Gasteiger partial charge in [0.2, 0.25) is 0 Å². The molecule has 0 aromatic rings. The molecule has 15 heavy (non-hydrogen) atoms. The second-order valence-corrected chi connectivity index (χ2v) is 8.11. The number of carbonyl (C=O) groups is 1. The van der Waals surface area contributed by atoms with Crippen LogP contribution >= 0.6 is 0 Å². The van der Waals surface area contributed by atoms with Gasteiger partial charge in [-0.2, -0.15) is 0 Å². The summed E-state index contributed by atoms with van der Waals surface area (Å²) in [6.45, 7) is 11.0. The molecule has 0 spiro atoms. The second kappa shape index (κ2) is 7.65. The first kappa shape index (κ1) is 14.4. The highest BCUT2D eigenvalue weighted by Gasteiger charge is 2.25. The summed E-state index contributed by atoms with van der Waals surface area (Å²) in [5, 5.41) is 0. The molecule has 88 valence electrons. The third-order valence-corrected chi connectivity index (χ3v) is 6.39. The average molecular weight is 230 g/mol. The van der Waals surface area contributed by atoms with E-state index in [4.69, 9.17) is 9.16 Å². The van der Waals surface area contributed by atoms with Crippen LogP contribution in [-0.2, 0) is 14.0 Å². The quantitative estimate of drug-likeness (QED) is 0.278. The Morgan fingerprint density at radius 3 is 2.60 bits per heavy atom. The van der Waals surface area contributed by atoms with Gasteiger partial charge in [-0.05, 0) is 32.0 Å². The number of rotatable bonds is 8. The van der Waals surface area contributed by atoms with Crippen LogP contribution in [-0.4, -0.2) is 27.5 Å². The molecular weight excluding hydrogens is 208 g/mol. The van der Waals surface area contributed by atoms with Gasteiger partial charge in [-0.1, -0.05) is 13.5 Å². The number of carbonyl (C=O) groups excluding carboxylic acids is 1. The van der Waals surface area contributed by atoms with Gasteiger partial charge in [0, 0.05) is 12.7 Å². The van der Waals surface area contributed by atoms with E-state index in [9.17, 15) is 4.79 Å². The standard InChI is InChI=1S/C11H22O3Si/c1-5-11(12)13-9-8-10-15(4,7-3)14-6-2/h5H,1,6-10H2,2-4H3. The summed E-state index contributed by atoms with van der Waals surface area (Å²) in [6, 6.07) is 2.15. The van der Waals surface area contributed by atoms with Crippen LogP contribution in [0.1, 0.15) is 20.3 Å². The molecule has 0 saturated heterocycles. The predicted molar refractivity (Wildman–Crippen MR) is 64.3 cm³/mol. The molecule has 0 bridgehead atoms. The van der Waals surface area contributed by atoms with Gasteiger partial charge in [0.1, 0.15) is 0 Å². The van der Waals surface area contributed by atoms with Crippen molar-refractivity contribution in [2.45, 2.75) is 38.9 Å². The van der Waals surface area contributed by atoms with Crippen LogP contribution in [0.2, 0.25) is 18.6 Å². The van der Waals surface area contributed by atoms with Crippen LogP contribution in [0.3, 0.4) is 0 Å². The van der Waals surface area contributed by atoms with Gasteiger partial charge in [0.25, 0.3) is 0 Å². The van der Waals surface area contributed by atoms with Gasteiger partial charge >= 0.3 is 5.97 Å². The van der Waals surface area contributed by atoms with E-state index in [2.05, 4.69) is 20.0 Å². The molecule has 1 unspecified atom stereocenters.